The molecule has 1 saturated heterocycles. The fourth-order valence-corrected chi connectivity index (χ4v) is 3.51. The van der Waals surface area contributed by atoms with Crippen molar-refractivity contribution in [3.63, 3.8) is 0 Å². The Balaban J connectivity index is 2.02. The molecular weight excluding hydrogens is 406 g/mol. The molecule has 6 nitrogen and oxygen atoms in total. The quantitative estimate of drug-likeness (QED) is 0.701. The number of alkyl halides is 6. The third kappa shape index (κ3) is 4.25. The summed E-state index contributed by atoms with van der Waals surface area (Å²) < 4.78 is 78.3. The minimum atomic E-state index is -4.82. The lowest BCUT2D eigenvalue weighted by Gasteiger charge is -2.47. The van der Waals surface area contributed by atoms with Crippen LogP contribution in [0.5, 0.6) is 0 Å². The SMILES string of the molecule is CCCC(=O)N1CCN2c3ncc(C(F)(F)F)cc3N(CC(F)(F)F)C(=O)[C@@H]2C1. The van der Waals surface area contributed by atoms with Gasteiger partial charge >= 0.3 is 12.4 Å². The first kappa shape index (κ1) is 21.2. The summed E-state index contributed by atoms with van der Waals surface area (Å²) in [5, 5.41) is 0. The number of amides is 2. The van der Waals surface area contributed by atoms with Crippen molar-refractivity contribution in [3.05, 3.63) is 17.8 Å². The van der Waals surface area contributed by atoms with E-state index in [2.05, 4.69) is 4.98 Å². The normalized spacial score (nSPS) is 19.9. The van der Waals surface area contributed by atoms with Crippen molar-refractivity contribution in [1.82, 2.24) is 9.88 Å². The molecule has 2 aliphatic rings. The van der Waals surface area contributed by atoms with Gasteiger partial charge in [0.15, 0.2) is 5.82 Å². The lowest BCUT2D eigenvalue weighted by Crippen LogP contribution is -2.64. The highest BCUT2D eigenvalue weighted by Crippen LogP contribution is 2.41. The topological polar surface area (TPSA) is 56.8 Å². The van der Waals surface area contributed by atoms with E-state index in [1.165, 1.54) is 9.80 Å². The molecule has 0 aliphatic carbocycles. The van der Waals surface area contributed by atoms with Gasteiger partial charge in [0.05, 0.1) is 17.8 Å². The Hall–Kier alpha value is -2.53. The third-order valence-corrected chi connectivity index (χ3v) is 4.82. The highest BCUT2D eigenvalue weighted by molar-refractivity contribution is 6.05. The van der Waals surface area contributed by atoms with Gasteiger partial charge in [0.2, 0.25) is 5.91 Å². The number of nitrogens with zero attached hydrogens (tertiary/aromatic N) is 4. The Morgan fingerprint density at radius 1 is 1.21 bits per heavy atom. The molecule has 2 aliphatic heterocycles. The Labute approximate surface area is 162 Å². The number of rotatable bonds is 3. The number of piperazine rings is 1. The molecule has 160 valence electrons. The van der Waals surface area contributed by atoms with Gasteiger partial charge in [0, 0.05) is 25.7 Å². The minimum absolute atomic E-state index is 0.0804. The number of pyridine rings is 1. The predicted molar refractivity (Wildman–Crippen MR) is 90.3 cm³/mol. The summed E-state index contributed by atoms with van der Waals surface area (Å²) in [6.07, 6.45) is -8.31. The second-order valence-electron chi connectivity index (χ2n) is 6.90. The van der Waals surface area contributed by atoms with Crippen molar-refractivity contribution >= 4 is 23.3 Å². The average Bonchev–Trinajstić information content (AvgIpc) is 2.63. The van der Waals surface area contributed by atoms with Crippen molar-refractivity contribution in [2.45, 2.75) is 38.2 Å². The van der Waals surface area contributed by atoms with E-state index < -0.39 is 42.1 Å². The Morgan fingerprint density at radius 2 is 1.90 bits per heavy atom. The van der Waals surface area contributed by atoms with E-state index in [-0.39, 0.29) is 42.7 Å². The minimum Gasteiger partial charge on any atom is -0.339 e. The smallest absolute Gasteiger partial charge is 0.339 e. The van der Waals surface area contributed by atoms with Crippen LogP contribution in [0, 0.1) is 0 Å². The van der Waals surface area contributed by atoms with E-state index in [0.29, 0.717) is 18.7 Å². The molecule has 0 N–H and O–H groups in total. The largest absolute Gasteiger partial charge is 0.417 e. The second kappa shape index (κ2) is 7.38. The number of carbonyl (C=O) groups excluding carboxylic acids is 2. The summed E-state index contributed by atoms with van der Waals surface area (Å²) in [6.45, 7) is 0.188. The number of anilines is 2. The Bertz CT molecular complexity index is 810. The zero-order valence-corrected chi connectivity index (χ0v) is 15.3. The number of carbonyl (C=O) groups is 2. The Morgan fingerprint density at radius 3 is 2.48 bits per heavy atom. The molecule has 1 aromatic heterocycles. The van der Waals surface area contributed by atoms with Crippen LogP contribution in [0.2, 0.25) is 0 Å². The van der Waals surface area contributed by atoms with Crippen LogP contribution in [-0.4, -0.2) is 60.1 Å². The van der Waals surface area contributed by atoms with Crippen LogP contribution in [-0.2, 0) is 15.8 Å². The number of hydrogen-bond acceptors (Lipinski definition) is 4. The molecule has 1 atom stereocenters. The number of hydrogen-bond donors (Lipinski definition) is 0. The molecule has 0 spiro atoms. The maximum atomic E-state index is 13.1. The fourth-order valence-electron chi connectivity index (χ4n) is 3.51. The summed E-state index contributed by atoms with van der Waals surface area (Å²) >= 11 is 0. The summed E-state index contributed by atoms with van der Waals surface area (Å²) in [6, 6.07) is -0.625. The van der Waals surface area contributed by atoms with E-state index in [1.54, 1.807) is 6.92 Å². The van der Waals surface area contributed by atoms with Crippen molar-refractivity contribution in [1.29, 1.82) is 0 Å². The molecule has 0 radical (unpaired) electrons. The highest BCUT2D eigenvalue weighted by atomic mass is 19.4. The zero-order valence-electron chi connectivity index (χ0n) is 15.3. The van der Waals surface area contributed by atoms with Crippen molar-refractivity contribution in [2.24, 2.45) is 0 Å². The van der Waals surface area contributed by atoms with Gasteiger partial charge in [-0.2, -0.15) is 26.3 Å². The molecule has 29 heavy (non-hydrogen) atoms. The van der Waals surface area contributed by atoms with Crippen LogP contribution >= 0.6 is 0 Å². The molecule has 0 aromatic carbocycles. The molecule has 0 unspecified atom stereocenters. The van der Waals surface area contributed by atoms with Gasteiger partial charge in [-0.1, -0.05) is 6.92 Å². The van der Waals surface area contributed by atoms with Gasteiger partial charge < -0.3 is 9.80 Å². The molecular formula is C17H18F6N4O2. The summed E-state index contributed by atoms with van der Waals surface area (Å²) in [7, 11) is 0. The van der Waals surface area contributed by atoms with Gasteiger partial charge in [-0.3, -0.25) is 14.5 Å². The molecule has 2 amide bonds. The number of aromatic nitrogens is 1. The average molecular weight is 424 g/mol. The highest BCUT2D eigenvalue weighted by Gasteiger charge is 2.47. The van der Waals surface area contributed by atoms with Crippen LogP contribution in [0.25, 0.3) is 0 Å². The molecule has 12 heteroatoms. The van der Waals surface area contributed by atoms with E-state index in [1.807, 2.05) is 0 Å². The zero-order chi connectivity index (χ0) is 21.6. The second-order valence-corrected chi connectivity index (χ2v) is 6.90. The lowest BCUT2D eigenvalue weighted by atomic mass is 10.0. The predicted octanol–water partition coefficient (Wildman–Crippen LogP) is 2.83. The van der Waals surface area contributed by atoms with Crippen LogP contribution < -0.4 is 9.80 Å². The molecule has 0 bridgehead atoms. The molecule has 3 rings (SSSR count). The van der Waals surface area contributed by atoms with E-state index in [9.17, 15) is 35.9 Å². The molecule has 3 heterocycles. The first-order valence-electron chi connectivity index (χ1n) is 8.92. The third-order valence-electron chi connectivity index (χ3n) is 4.82. The van der Waals surface area contributed by atoms with Crippen LogP contribution in [0.4, 0.5) is 37.8 Å². The van der Waals surface area contributed by atoms with Crippen LogP contribution in [0.15, 0.2) is 12.3 Å². The summed E-state index contributed by atoms with van der Waals surface area (Å²) in [5.74, 6) is -1.37. The van der Waals surface area contributed by atoms with E-state index >= 15 is 0 Å². The Kier molecular flexibility index (Phi) is 5.39. The number of halogens is 6. The van der Waals surface area contributed by atoms with Gasteiger partial charge in [0.1, 0.15) is 12.6 Å². The van der Waals surface area contributed by atoms with Gasteiger partial charge in [-0.25, -0.2) is 4.98 Å². The first-order valence-corrected chi connectivity index (χ1v) is 8.92. The maximum Gasteiger partial charge on any atom is 0.417 e. The van der Waals surface area contributed by atoms with Crippen LogP contribution in [0.1, 0.15) is 25.3 Å². The van der Waals surface area contributed by atoms with Crippen LogP contribution in [0.3, 0.4) is 0 Å². The molecule has 0 saturated carbocycles. The van der Waals surface area contributed by atoms with E-state index in [4.69, 9.17) is 0 Å². The van der Waals surface area contributed by atoms with Crippen molar-refractivity contribution < 1.29 is 35.9 Å². The van der Waals surface area contributed by atoms with Gasteiger partial charge in [0.25, 0.3) is 5.91 Å². The summed E-state index contributed by atoms with van der Waals surface area (Å²) in [4.78, 5) is 31.8. The van der Waals surface area contributed by atoms with Crippen molar-refractivity contribution in [3.8, 4) is 0 Å². The first-order chi connectivity index (χ1) is 13.4. The van der Waals surface area contributed by atoms with Gasteiger partial charge in [-0.05, 0) is 12.5 Å². The molecule has 1 aromatic rings. The fraction of sp³-hybridized carbons (Fsp3) is 0.588. The molecule has 1 fully saturated rings. The lowest BCUT2D eigenvalue weighted by molar-refractivity contribution is -0.139. The maximum absolute atomic E-state index is 13.1. The van der Waals surface area contributed by atoms with E-state index in [0.717, 1.165) is 0 Å². The summed E-state index contributed by atoms with van der Waals surface area (Å²) in [5.41, 5.74) is -1.78. The number of fused-ring (bicyclic) bond motifs is 3. The van der Waals surface area contributed by atoms with Gasteiger partial charge in [-0.15, -0.1) is 0 Å². The standard InChI is InChI=1S/C17H18F6N4O2/c1-2-3-13(28)25-4-5-26-12(8-25)15(29)27(9-16(18,19)20)11-6-10(17(21,22)23)7-24-14(11)26/h6-7,12H,2-5,8-9H2,1H3/t12-/m0/s1. The van der Waals surface area contributed by atoms with Crippen molar-refractivity contribution in [2.75, 3.05) is 36.0 Å². The monoisotopic (exact) mass is 424 g/mol.